The topological polar surface area (TPSA) is 123 Å². The zero-order valence-corrected chi connectivity index (χ0v) is 28.1. The summed E-state index contributed by atoms with van der Waals surface area (Å²) in [4.78, 5) is 61.5. The van der Waals surface area contributed by atoms with Crippen LogP contribution in [-0.4, -0.2) is 69.9 Å². The Bertz CT molecular complexity index is 2140. The number of hydrogen-bond donors (Lipinski definition) is 4. The number of anilines is 2. The van der Waals surface area contributed by atoms with Crippen molar-refractivity contribution in [2.24, 2.45) is 0 Å². The van der Waals surface area contributed by atoms with E-state index in [0.717, 1.165) is 39.2 Å². The van der Waals surface area contributed by atoms with E-state index < -0.39 is 47.3 Å². The molecular weight excluding hydrogens is 640 g/mol. The summed E-state index contributed by atoms with van der Waals surface area (Å²) >= 11 is 0. The third-order valence-corrected chi connectivity index (χ3v) is 12.6. The quantitative estimate of drug-likeness (QED) is 0.257. The van der Waals surface area contributed by atoms with Gasteiger partial charge in [-0.15, -0.1) is 0 Å². The number of aryl methyl sites for hydroxylation is 1. The van der Waals surface area contributed by atoms with Gasteiger partial charge in [0, 0.05) is 24.2 Å². The summed E-state index contributed by atoms with van der Waals surface area (Å²) in [5.74, 6) is -0.624. The molecule has 4 aromatic carbocycles. The van der Waals surface area contributed by atoms with E-state index in [-0.39, 0.29) is 23.6 Å². The lowest BCUT2D eigenvalue weighted by molar-refractivity contribution is -0.149. The van der Waals surface area contributed by atoms with E-state index in [1.807, 2.05) is 91.0 Å². The highest BCUT2D eigenvalue weighted by molar-refractivity contribution is 6.01. The smallest absolute Gasteiger partial charge is 0.247 e. The van der Waals surface area contributed by atoms with Gasteiger partial charge in [-0.3, -0.25) is 19.2 Å². The van der Waals surface area contributed by atoms with Gasteiger partial charge in [0.05, 0.1) is 10.8 Å². The second kappa shape index (κ2) is 10.7. The van der Waals surface area contributed by atoms with Crippen LogP contribution in [0.2, 0.25) is 0 Å². The molecule has 4 amide bonds. The summed E-state index contributed by atoms with van der Waals surface area (Å²) in [7, 11) is 0. The summed E-state index contributed by atoms with van der Waals surface area (Å²) in [5.41, 5.74) is 5.09. The van der Waals surface area contributed by atoms with Crippen LogP contribution in [0.3, 0.4) is 0 Å². The number of nitrogens with one attached hydrogen (secondary N) is 4. The van der Waals surface area contributed by atoms with Crippen LogP contribution in [0.1, 0.15) is 40.7 Å². The number of nitrogens with zero attached hydrogens (tertiary/aromatic N) is 2. The van der Waals surface area contributed by atoms with Gasteiger partial charge in [0.2, 0.25) is 23.6 Å². The van der Waals surface area contributed by atoms with Crippen LogP contribution < -0.4 is 21.3 Å². The van der Waals surface area contributed by atoms with Crippen molar-refractivity contribution in [1.82, 2.24) is 20.4 Å². The van der Waals surface area contributed by atoms with E-state index in [0.29, 0.717) is 25.7 Å². The molecule has 6 heterocycles. The molecule has 10 rings (SSSR count). The summed E-state index contributed by atoms with van der Waals surface area (Å²) in [6.07, 6.45) is 0.260. The largest absolute Gasteiger partial charge is 0.364 e. The number of carbonyl (C=O) groups is 4. The van der Waals surface area contributed by atoms with Crippen LogP contribution in [0, 0.1) is 6.92 Å². The molecule has 10 nitrogen and oxygen atoms in total. The Morgan fingerprint density at radius 3 is 1.67 bits per heavy atom. The van der Waals surface area contributed by atoms with Gasteiger partial charge in [0.1, 0.15) is 36.5 Å². The zero-order chi connectivity index (χ0) is 34.6. The van der Waals surface area contributed by atoms with E-state index in [1.54, 1.807) is 9.80 Å². The van der Waals surface area contributed by atoms with Crippen LogP contribution in [0.15, 0.2) is 103 Å². The van der Waals surface area contributed by atoms with Crippen molar-refractivity contribution in [3.8, 4) is 0 Å². The maximum atomic E-state index is 14.7. The summed E-state index contributed by atoms with van der Waals surface area (Å²) in [6.45, 7) is 2.08. The second-order valence-corrected chi connectivity index (χ2v) is 15.0. The molecule has 0 aliphatic carbocycles. The molecule has 10 heteroatoms. The first-order chi connectivity index (χ1) is 24.8. The Labute approximate surface area is 295 Å². The number of hydrogen-bond acceptors (Lipinski definition) is 6. The Kier molecular flexibility index (Phi) is 6.33. The first-order valence-electron chi connectivity index (χ1n) is 17.9. The number of rotatable bonds is 5. The van der Waals surface area contributed by atoms with Gasteiger partial charge in [-0.25, -0.2) is 0 Å². The Balaban J connectivity index is 1.14. The van der Waals surface area contributed by atoms with Gasteiger partial charge in [-0.1, -0.05) is 91.0 Å². The molecule has 4 N–H and O–H groups in total. The lowest BCUT2D eigenvalue weighted by atomic mass is 9.53. The molecular formula is C41H38N6O4. The molecule has 8 unspecified atom stereocenters. The average Bonchev–Trinajstić information content (AvgIpc) is 3.85. The third-order valence-electron chi connectivity index (χ3n) is 12.6. The molecule has 4 aromatic rings. The van der Waals surface area contributed by atoms with Crippen LogP contribution in [0.5, 0.6) is 0 Å². The zero-order valence-electron chi connectivity index (χ0n) is 28.1. The first-order valence-corrected chi connectivity index (χ1v) is 17.9. The Morgan fingerprint density at radius 1 is 0.569 bits per heavy atom. The Hall–Kier alpha value is -5.64. The molecule has 0 bridgehead atoms. The van der Waals surface area contributed by atoms with Crippen molar-refractivity contribution in [3.05, 3.63) is 131 Å². The molecule has 4 fully saturated rings. The molecule has 8 atom stereocenters. The standard InChI is InChI=1S/C41H38N6O4/c1-23-11-10-18-28-33(23)41(22-32-35(49)43-30(20-25-14-6-3-7-15-25)37(51)47(32)39(41)45-28)40-21-31-34(48)42-29(19-24-12-4-2-5-13-24)36(50)46(31)38(40)44-27-17-9-8-16-26(27)40/h2-18,29-32,38-39,44-45H,19-22H2,1H3,(H,42,48)(H,43,49). The van der Waals surface area contributed by atoms with Gasteiger partial charge in [0.25, 0.3) is 0 Å². The van der Waals surface area contributed by atoms with Gasteiger partial charge in [-0.2, -0.15) is 0 Å². The molecule has 51 heavy (non-hydrogen) atoms. The number of benzene rings is 4. The first kappa shape index (κ1) is 30.2. The van der Waals surface area contributed by atoms with Crippen molar-refractivity contribution in [2.75, 3.05) is 10.6 Å². The maximum absolute atomic E-state index is 14.7. The number of para-hydroxylation sites is 1. The fourth-order valence-electron chi connectivity index (χ4n) is 10.7. The van der Waals surface area contributed by atoms with Crippen molar-refractivity contribution < 1.29 is 19.2 Å². The van der Waals surface area contributed by atoms with E-state index in [4.69, 9.17) is 0 Å². The van der Waals surface area contributed by atoms with Crippen molar-refractivity contribution in [2.45, 2.75) is 79.9 Å². The highest BCUT2D eigenvalue weighted by Crippen LogP contribution is 2.69. The Morgan fingerprint density at radius 2 is 1.06 bits per heavy atom. The number of fused-ring (bicyclic) bond motifs is 11. The lowest BCUT2D eigenvalue weighted by Crippen LogP contribution is -2.67. The minimum Gasteiger partial charge on any atom is -0.364 e. The molecule has 0 aromatic heterocycles. The third kappa shape index (κ3) is 3.93. The van der Waals surface area contributed by atoms with Crippen LogP contribution >= 0.6 is 0 Å². The number of carbonyl (C=O) groups excluding carboxylic acids is 4. The monoisotopic (exact) mass is 678 g/mol. The van der Waals surface area contributed by atoms with Crippen LogP contribution in [0.4, 0.5) is 11.4 Å². The van der Waals surface area contributed by atoms with Crippen molar-refractivity contribution in [3.63, 3.8) is 0 Å². The highest BCUT2D eigenvalue weighted by atomic mass is 16.2. The average molecular weight is 679 g/mol. The van der Waals surface area contributed by atoms with E-state index in [2.05, 4.69) is 40.3 Å². The summed E-state index contributed by atoms with van der Waals surface area (Å²) in [6, 6.07) is 30.9. The predicted octanol–water partition coefficient (Wildman–Crippen LogP) is 3.36. The van der Waals surface area contributed by atoms with E-state index in [1.165, 1.54) is 0 Å². The number of piperazine rings is 2. The van der Waals surface area contributed by atoms with Crippen molar-refractivity contribution in [1.29, 1.82) is 0 Å². The van der Waals surface area contributed by atoms with Gasteiger partial charge in [0.15, 0.2) is 0 Å². The molecule has 6 aliphatic heterocycles. The molecule has 4 saturated heterocycles. The molecule has 256 valence electrons. The minimum absolute atomic E-state index is 0.132. The minimum atomic E-state index is -0.871. The summed E-state index contributed by atoms with van der Waals surface area (Å²) in [5, 5.41) is 13.7. The SMILES string of the molecule is Cc1cccc2c1C1(C34CC5C(=O)NC(Cc6ccccc6)C(=O)N5C3Nc3ccccc34)CC3C(=O)NC(Cc4ccccc4)C(=O)N3C1N2. The molecule has 0 spiro atoms. The van der Waals surface area contributed by atoms with Crippen molar-refractivity contribution >= 4 is 35.0 Å². The second-order valence-electron chi connectivity index (χ2n) is 15.0. The summed E-state index contributed by atoms with van der Waals surface area (Å²) < 4.78 is 0. The van der Waals surface area contributed by atoms with E-state index >= 15 is 0 Å². The fraction of sp³-hybridized carbons (Fsp3) is 0.317. The normalized spacial score (nSPS) is 32.5. The maximum Gasteiger partial charge on any atom is 0.247 e. The molecule has 0 saturated carbocycles. The number of amides is 4. The van der Waals surface area contributed by atoms with Gasteiger partial charge >= 0.3 is 0 Å². The van der Waals surface area contributed by atoms with Gasteiger partial charge < -0.3 is 31.1 Å². The highest BCUT2D eigenvalue weighted by Gasteiger charge is 2.78. The fourth-order valence-corrected chi connectivity index (χ4v) is 10.7. The van der Waals surface area contributed by atoms with E-state index in [9.17, 15) is 19.2 Å². The van der Waals surface area contributed by atoms with Crippen LogP contribution in [-0.2, 0) is 42.8 Å². The lowest BCUT2D eigenvalue weighted by Gasteiger charge is -2.49. The van der Waals surface area contributed by atoms with Gasteiger partial charge in [-0.05, 0) is 59.7 Å². The molecule has 0 radical (unpaired) electrons. The predicted molar refractivity (Wildman–Crippen MR) is 190 cm³/mol. The van der Waals surface area contributed by atoms with Crippen LogP contribution in [0.25, 0.3) is 0 Å². The molecule has 6 aliphatic rings.